The highest BCUT2D eigenvalue weighted by Crippen LogP contribution is 2.46. The molecular weight excluding hydrogens is 564 g/mol. The van der Waals surface area contributed by atoms with Crippen LogP contribution in [0.2, 0.25) is 5.02 Å². The van der Waals surface area contributed by atoms with Crippen molar-refractivity contribution in [1.29, 1.82) is 0 Å². The van der Waals surface area contributed by atoms with Gasteiger partial charge in [-0.3, -0.25) is 4.79 Å². The summed E-state index contributed by atoms with van der Waals surface area (Å²) in [6.45, 7) is 3.28. The van der Waals surface area contributed by atoms with E-state index < -0.39 is 24.1 Å². The lowest BCUT2D eigenvalue weighted by atomic mass is 9.71. The minimum absolute atomic E-state index is 0.0835. The van der Waals surface area contributed by atoms with Crippen molar-refractivity contribution in [2.24, 2.45) is 18.4 Å². The van der Waals surface area contributed by atoms with Gasteiger partial charge in [0.1, 0.15) is 5.02 Å². The number of hydrogen-bond acceptors (Lipinski definition) is 8. The molecule has 0 bridgehead atoms. The lowest BCUT2D eigenvalue weighted by molar-refractivity contribution is -0.0579. The summed E-state index contributed by atoms with van der Waals surface area (Å²) in [5, 5.41) is 7.31. The molecule has 42 heavy (non-hydrogen) atoms. The van der Waals surface area contributed by atoms with Crippen LogP contribution in [-0.4, -0.2) is 71.2 Å². The molecule has 2 aromatic heterocycles. The van der Waals surface area contributed by atoms with Crippen molar-refractivity contribution in [3.8, 4) is 5.75 Å². The Kier molecular flexibility index (Phi) is 6.73. The molecule has 5 heterocycles. The number of alkyl halides is 2. The third-order valence-electron chi connectivity index (χ3n) is 9.76. The van der Waals surface area contributed by atoms with E-state index in [2.05, 4.69) is 32.5 Å². The second-order valence-electron chi connectivity index (χ2n) is 12.6. The van der Waals surface area contributed by atoms with E-state index in [-0.39, 0.29) is 11.7 Å². The lowest BCUT2D eigenvalue weighted by Crippen LogP contribution is -2.46. The number of nitrogens with one attached hydrogen (secondary N) is 2. The van der Waals surface area contributed by atoms with Crippen LogP contribution in [0.1, 0.15) is 38.5 Å². The first-order valence-electron chi connectivity index (χ1n) is 14.8. The zero-order chi connectivity index (χ0) is 29.2. The van der Waals surface area contributed by atoms with Crippen LogP contribution in [-0.2, 0) is 7.05 Å². The Morgan fingerprint density at radius 2 is 1.81 bits per heavy atom. The van der Waals surface area contributed by atoms with Gasteiger partial charge in [-0.05, 0) is 88.2 Å². The van der Waals surface area contributed by atoms with E-state index in [1.807, 2.05) is 12.1 Å². The number of benzene rings is 1. The van der Waals surface area contributed by atoms with Gasteiger partial charge in [0.2, 0.25) is 11.7 Å². The second-order valence-corrected chi connectivity index (χ2v) is 13.0. The molecule has 3 fully saturated rings. The number of anilines is 4. The average Bonchev–Trinajstić information content (AvgIpc) is 3.83. The Hall–Kier alpha value is -3.18. The summed E-state index contributed by atoms with van der Waals surface area (Å²) in [5.74, 6) is -2.24. The molecule has 1 aliphatic carbocycles. The first kappa shape index (κ1) is 27.6. The number of ether oxygens (including phenoxy) is 1. The lowest BCUT2D eigenvalue weighted by Gasteiger charge is -2.46. The molecule has 0 radical (unpaired) electrons. The molecule has 3 aliphatic heterocycles. The number of aryl methyl sites for hydroxylation is 1. The van der Waals surface area contributed by atoms with Gasteiger partial charge in [-0.1, -0.05) is 11.6 Å². The highest BCUT2D eigenvalue weighted by molar-refractivity contribution is 6.33. The molecule has 1 saturated carbocycles. The molecule has 2 N–H and O–H groups in total. The van der Waals surface area contributed by atoms with E-state index in [4.69, 9.17) is 21.3 Å². The minimum Gasteiger partial charge on any atom is -0.480 e. The Labute approximate surface area is 248 Å². The largest absolute Gasteiger partial charge is 0.480 e. The average molecular weight is 600 g/mol. The maximum atomic E-state index is 15.0. The van der Waals surface area contributed by atoms with Crippen molar-refractivity contribution in [1.82, 2.24) is 19.4 Å². The third kappa shape index (κ3) is 4.94. The molecule has 9 nitrogen and oxygen atoms in total. The van der Waals surface area contributed by atoms with Gasteiger partial charge >= 0.3 is 5.92 Å². The highest BCUT2D eigenvalue weighted by atomic mass is 35.5. The van der Waals surface area contributed by atoms with Gasteiger partial charge in [0.15, 0.2) is 12.4 Å². The summed E-state index contributed by atoms with van der Waals surface area (Å²) in [4.78, 5) is 27.0. The maximum Gasteiger partial charge on any atom is 0.301 e. The topological polar surface area (TPSA) is 87.5 Å². The molecule has 7 rings (SSSR count). The number of rotatable bonds is 4. The standard InChI is InChI=1S/C30H36ClF2N7O2/c1-38-11-7-29(8-12-38)9-13-40(14-10-29)28-34-16-21(31)26(37-28)35-19-5-6-22-20(15-19)23-24(27(41)39(22)2)42-17-30(32,33)25(36-23)18-3-4-18/h5-6,15-16,18,25,36H,3-4,7-14,17H2,1-2H3,(H,34,35,37)/t25-/m0/s1. The predicted octanol–water partition coefficient (Wildman–Crippen LogP) is 5.26. The Bertz CT molecular complexity index is 1580. The van der Waals surface area contributed by atoms with Crippen LogP contribution in [0.15, 0.2) is 29.2 Å². The van der Waals surface area contributed by atoms with Gasteiger partial charge in [-0.15, -0.1) is 0 Å². The van der Waals surface area contributed by atoms with E-state index in [1.54, 1.807) is 19.3 Å². The molecule has 0 amide bonds. The van der Waals surface area contributed by atoms with Gasteiger partial charge in [0.25, 0.3) is 5.56 Å². The first-order valence-corrected chi connectivity index (χ1v) is 15.2. The maximum absolute atomic E-state index is 15.0. The van der Waals surface area contributed by atoms with Gasteiger partial charge in [0.05, 0.1) is 23.4 Å². The molecule has 3 aromatic rings. The van der Waals surface area contributed by atoms with E-state index in [9.17, 15) is 13.6 Å². The summed E-state index contributed by atoms with van der Waals surface area (Å²) in [7, 11) is 3.81. The van der Waals surface area contributed by atoms with Crippen molar-refractivity contribution >= 4 is 45.6 Å². The fourth-order valence-corrected chi connectivity index (χ4v) is 6.93. The molecule has 1 atom stereocenters. The molecule has 1 spiro atoms. The SMILES string of the molecule is CN1CCC2(CC1)CCN(c1ncc(Cl)c(Nc3ccc4c(c3)c3c(c(=O)n4C)OCC(F)(F)[C@H](C4CC4)N3)n1)CC2. The quantitative estimate of drug-likeness (QED) is 0.420. The zero-order valence-corrected chi connectivity index (χ0v) is 24.7. The number of fused-ring (bicyclic) bond motifs is 3. The molecule has 0 unspecified atom stereocenters. The summed E-state index contributed by atoms with van der Waals surface area (Å²) in [5.41, 5.74) is 1.52. The number of likely N-dealkylation sites (tertiary alicyclic amines) is 1. The molecular formula is C30H36ClF2N7O2. The van der Waals surface area contributed by atoms with Crippen molar-refractivity contribution in [2.75, 3.05) is 55.4 Å². The smallest absolute Gasteiger partial charge is 0.301 e. The first-order chi connectivity index (χ1) is 20.1. The Morgan fingerprint density at radius 1 is 1.10 bits per heavy atom. The fraction of sp³-hybridized carbons (Fsp3) is 0.567. The molecule has 1 aromatic carbocycles. The summed E-state index contributed by atoms with van der Waals surface area (Å²) < 4.78 is 36.9. The number of aromatic nitrogens is 3. The molecule has 224 valence electrons. The van der Waals surface area contributed by atoms with Gasteiger partial charge in [-0.2, -0.15) is 4.98 Å². The van der Waals surface area contributed by atoms with Crippen LogP contribution in [0.5, 0.6) is 5.75 Å². The highest BCUT2D eigenvalue weighted by Gasteiger charge is 2.51. The number of hydrogen-bond donors (Lipinski definition) is 2. The van der Waals surface area contributed by atoms with Gasteiger partial charge in [-0.25, -0.2) is 13.8 Å². The molecule has 4 aliphatic rings. The van der Waals surface area contributed by atoms with Gasteiger partial charge in [0, 0.05) is 31.2 Å². The van der Waals surface area contributed by atoms with Crippen LogP contribution in [0.25, 0.3) is 10.9 Å². The number of nitrogens with zero attached hydrogens (tertiary/aromatic N) is 5. The molecule has 12 heteroatoms. The van der Waals surface area contributed by atoms with Gasteiger partial charge < -0.3 is 29.7 Å². The summed E-state index contributed by atoms with van der Waals surface area (Å²) >= 11 is 6.54. The van der Waals surface area contributed by atoms with E-state index in [0.717, 1.165) is 51.9 Å². The predicted molar refractivity (Wildman–Crippen MR) is 161 cm³/mol. The van der Waals surface area contributed by atoms with Crippen molar-refractivity contribution in [2.45, 2.75) is 50.5 Å². The number of piperidine rings is 2. The van der Waals surface area contributed by atoms with Crippen molar-refractivity contribution < 1.29 is 13.5 Å². The van der Waals surface area contributed by atoms with E-state index >= 15 is 0 Å². The number of halogens is 3. The van der Waals surface area contributed by atoms with Crippen LogP contribution >= 0.6 is 11.6 Å². The van der Waals surface area contributed by atoms with E-state index in [0.29, 0.717) is 44.5 Å². The zero-order valence-electron chi connectivity index (χ0n) is 23.9. The van der Waals surface area contributed by atoms with Crippen molar-refractivity contribution in [3.05, 3.63) is 39.8 Å². The number of pyridine rings is 1. The summed E-state index contributed by atoms with van der Waals surface area (Å²) in [6, 6.07) is 4.34. The van der Waals surface area contributed by atoms with Crippen LogP contribution < -0.4 is 25.8 Å². The van der Waals surface area contributed by atoms with E-state index in [1.165, 1.54) is 17.4 Å². The second kappa shape index (κ2) is 10.2. The Morgan fingerprint density at radius 3 is 2.52 bits per heavy atom. The minimum atomic E-state index is -3.10. The normalized spacial score (nSPS) is 23.6. The Balaban J connectivity index is 1.17. The fourth-order valence-electron chi connectivity index (χ4n) is 6.79. The summed E-state index contributed by atoms with van der Waals surface area (Å²) in [6.07, 6.45) is 7.79. The van der Waals surface area contributed by atoms with Crippen LogP contribution in [0, 0.1) is 11.3 Å². The van der Waals surface area contributed by atoms with Crippen molar-refractivity contribution in [3.63, 3.8) is 0 Å². The molecule has 2 saturated heterocycles. The van der Waals surface area contributed by atoms with Crippen LogP contribution in [0.3, 0.4) is 0 Å². The monoisotopic (exact) mass is 599 g/mol. The van der Waals surface area contributed by atoms with Crippen LogP contribution in [0.4, 0.5) is 31.9 Å². The third-order valence-corrected chi connectivity index (χ3v) is 10.0.